The Morgan fingerprint density at radius 3 is 2.22 bits per heavy atom. The van der Waals surface area contributed by atoms with Crippen molar-refractivity contribution in [2.45, 2.75) is 59.2 Å². The number of carbonyl (C=O) groups excluding carboxylic acids is 1. The normalized spacial score (nSPS) is 14.4. The number of halogens is 1. The predicted octanol–water partition coefficient (Wildman–Crippen LogP) is 4.65. The molecule has 1 aromatic rings. The molecule has 2 N–H and O–H groups in total. The zero-order valence-corrected chi connectivity index (χ0v) is 16.5. The zero-order chi connectivity index (χ0) is 17.6. The van der Waals surface area contributed by atoms with Crippen molar-refractivity contribution in [1.29, 1.82) is 0 Å². The highest BCUT2D eigenvalue weighted by Gasteiger charge is 2.21. The number of alkyl carbamates (subject to hydrolysis) is 1. The van der Waals surface area contributed by atoms with Crippen LogP contribution >= 0.6 is 15.9 Å². The summed E-state index contributed by atoms with van der Waals surface area (Å²) in [6.07, 6.45) is -0.366. The molecule has 5 heteroatoms. The van der Waals surface area contributed by atoms with Crippen LogP contribution in [0.25, 0.3) is 0 Å². The van der Waals surface area contributed by atoms with Gasteiger partial charge in [-0.3, -0.25) is 0 Å². The fraction of sp³-hybridized carbons (Fsp3) is 0.611. The number of carbonyl (C=O) groups is 1. The van der Waals surface area contributed by atoms with Gasteiger partial charge in [0.15, 0.2) is 0 Å². The Balaban J connectivity index is 2.56. The lowest BCUT2D eigenvalue weighted by atomic mass is 10.0. The molecule has 0 spiro atoms. The molecular formula is C18H29BrN2O2. The number of rotatable bonds is 6. The van der Waals surface area contributed by atoms with Crippen molar-refractivity contribution in [3.05, 3.63) is 34.3 Å². The number of benzene rings is 1. The van der Waals surface area contributed by atoms with Crippen molar-refractivity contribution in [3.63, 3.8) is 0 Å². The highest BCUT2D eigenvalue weighted by molar-refractivity contribution is 9.10. The van der Waals surface area contributed by atoms with Crippen molar-refractivity contribution in [2.24, 2.45) is 5.92 Å². The molecular weight excluding hydrogens is 356 g/mol. The molecule has 0 bridgehead atoms. The van der Waals surface area contributed by atoms with E-state index in [1.54, 1.807) is 0 Å². The molecule has 0 heterocycles. The van der Waals surface area contributed by atoms with E-state index >= 15 is 0 Å². The summed E-state index contributed by atoms with van der Waals surface area (Å²) in [4.78, 5) is 12.0. The Kier molecular flexibility index (Phi) is 7.55. The van der Waals surface area contributed by atoms with Crippen LogP contribution in [0.5, 0.6) is 0 Å². The molecule has 0 aliphatic carbocycles. The summed E-state index contributed by atoms with van der Waals surface area (Å²) in [5.74, 6) is 0.312. The number of nitrogens with one attached hydrogen (secondary N) is 2. The topological polar surface area (TPSA) is 50.4 Å². The largest absolute Gasteiger partial charge is 0.444 e. The standard InChI is InChI=1S/C18H29BrN2O2/c1-12(2)16(21-17(22)23-18(4,5)6)11-20-13(3)14-7-9-15(19)10-8-14/h7-10,12-13,16,20H,11H2,1-6H3,(H,21,22). The summed E-state index contributed by atoms with van der Waals surface area (Å²) in [5, 5.41) is 6.44. The van der Waals surface area contributed by atoms with Crippen molar-refractivity contribution < 1.29 is 9.53 Å². The molecule has 0 aliphatic rings. The van der Waals surface area contributed by atoms with E-state index in [0.717, 1.165) is 4.47 Å². The van der Waals surface area contributed by atoms with Crippen LogP contribution < -0.4 is 10.6 Å². The van der Waals surface area contributed by atoms with E-state index in [4.69, 9.17) is 4.74 Å². The van der Waals surface area contributed by atoms with Crippen LogP contribution in [0.2, 0.25) is 0 Å². The average Bonchev–Trinajstić information content (AvgIpc) is 2.41. The van der Waals surface area contributed by atoms with Crippen LogP contribution in [0.4, 0.5) is 4.79 Å². The molecule has 2 atom stereocenters. The van der Waals surface area contributed by atoms with Crippen molar-refractivity contribution in [2.75, 3.05) is 6.54 Å². The smallest absolute Gasteiger partial charge is 0.407 e. The summed E-state index contributed by atoms with van der Waals surface area (Å²) in [6.45, 7) is 12.6. The Morgan fingerprint density at radius 1 is 1.17 bits per heavy atom. The van der Waals surface area contributed by atoms with Crippen molar-refractivity contribution in [1.82, 2.24) is 10.6 Å². The number of ether oxygens (including phenoxy) is 1. The molecule has 23 heavy (non-hydrogen) atoms. The maximum absolute atomic E-state index is 12.0. The summed E-state index contributed by atoms with van der Waals surface area (Å²) in [5.41, 5.74) is 0.733. The van der Waals surface area contributed by atoms with Gasteiger partial charge < -0.3 is 15.4 Å². The van der Waals surface area contributed by atoms with E-state index in [9.17, 15) is 4.79 Å². The van der Waals surface area contributed by atoms with Gasteiger partial charge in [-0.05, 0) is 51.3 Å². The lowest BCUT2D eigenvalue weighted by molar-refractivity contribution is 0.0489. The highest BCUT2D eigenvalue weighted by atomic mass is 79.9. The zero-order valence-electron chi connectivity index (χ0n) is 14.9. The van der Waals surface area contributed by atoms with E-state index < -0.39 is 5.60 Å². The second-order valence-electron chi connectivity index (χ2n) is 7.18. The predicted molar refractivity (Wildman–Crippen MR) is 98.6 cm³/mol. The Labute approximate surface area is 148 Å². The molecule has 0 saturated carbocycles. The average molecular weight is 385 g/mol. The minimum absolute atomic E-state index is 0.0164. The van der Waals surface area contributed by atoms with Crippen LogP contribution in [0, 0.1) is 5.92 Å². The van der Waals surface area contributed by atoms with Gasteiger partial charge in [-0.25, -0.2) is 4.79 Å². The van der Waals surface area contributed by atoms with Gasteiger partial charge in [0.05, 0.1) is 0 Å². The first kappa shape index (κ1) is 20.0. The second kappa shape index (κ2) is 8.69. The molecule has 4 nitrogen and oxygen atoms in total. The maximum atomic E-state index is 12.0. The Hall–Kier alpha value is -1.07. The summed E-state index contributed by atoms with van der Waals surface area (Å²) in [6, 6.07) is 8.48. The molecule has 1 rings (SSSR count). The van der Waals surface area contributed by atoms with Gasteiger partial charge in [-0.15, -0.1) is 0 Å². The molecule has 0 aromatic heterocycles. The van der Waals surface area contributed by atoms with Gasteiger partial charge >= 0.3 is 6.09 Å². The molecule has 1 amide bonds. The molecule has 0 radical (unpaired) electrons. The van der Waals surface area contributed by atoms with E-state index in [1.807, 2.05) is 32.9 Å². The van der Waals surface area contributed by atoms with Crippen LogP contribution in [-0.2, 0) is 4.74 Å². The number of hydrogen-bond donors (Lipinski definition) is 2. The highest BCUT2D eigenvalue weighted by Crippen LogP contribution is 2.17. The van der Waals surface area contributed by atoms with Gasteiger partial charge in [-0.1, -0.05) is 41.9 Å². The molecule has 0 aliphatic heterocycles. The van der Waals surface area contributed by atoms with Gasteiger partial charge in [0.2, 0.25) is 0 Å². The lowest BCUT2D eigenvalue weighted by Gasteiger charge is -2.27. The van der Waals surface area contributed by atoms with Gasteiger partial charge in [0, 0.05) is 23.1 Å². The lowest BCUT2D eigenvalue weighted by Crippen LogP contribution is -2.47. The third kappa shape index (κ3) is 7.84. The van der Waals surface area contributed by atoms with E-state index in [0.29, 0.717) is 12.5 Å². The summed E-state index contributed by atoms with van der Waals surface area (Å²) < 4.78 is 6.41. The monoisotopic (exact) mass is 384 g/mol. The first-order valence-electron chi connectivity index (χ1n) is 8.07. The van der Waals surface area contributed by atoms with E-state index in [2.05, 4.69) is 59.5 Å². The number of hydrogen-bond acceptors (Lipinski definition) is 3. The van der Waals surface area contributed by atoms with Gasteiger partial charge in [0.25, 0.3) is 0 Å². The quantitative estimate of drug-likeness (QED) is 0.750. The molecule has 0 fully saturated rings. The minimum Gasteiger partial charge on any atom is -0.444 e. The first-order chi connectivity index (χ1) is 10.6. The minimum atomic E-state index is -0.482. The third-order valence-electron chi connectivity index (χ3n) is 3.52. The van der Waals surface area contributed by atoms with Crippen LogP contribution in [-0.4, -0.2) is 24.3 Å². The van der Waals surface area contributed by atoms with Gasteiger partial charge in [-0.2, -0.15) is 0 Å². The Bertz CT molecular complexity index is 495. The fourth-order valence-electron chi connectivity index (χ4n) is 2.09. The van der Waals surface area contributed by atoms with E-state index in [1.165, 1.54) is 5.56 Å². The van der Waals surface area contributed by atoms with Crippen molar-refractivity contribution in [3.8, 4) is 0 Å². The third-order valence-corrected chi connectivity index (χ3v) is 4.05. The molecule has 130 valence electrons. The second-order valence-corrected chi connectivity index (χ2v) is 8.09. The van der Waals surface area contributed by atoms with Gasteiger partial charge in [0.1, 0.15) is 5.60 Å². The molecule has 0 saturated heterocycles. The summed E-state index contributed by atoms with van der Waals surface area (Å²) >= 11 is 3.45. The molecule has 2 unspecified atom stereocenters. The number of amides is 1. The summed E-state index contributed by atoms with van der Waals surface area (Å²) in [7, 11) is 0. The molecule has 1 aromatic carbocycles. The van der Waals surface area contributed by atoms with E-state index in [-0.39, 0.29) is 18.2 Å². The SMILES string of the molecule is CC(NCC(NC(=O)OC(C)(C)C)C(C)C)c1ccc(Br)cc1. The van der Waals surface area contributed by atoms with Crippen molar-refractivity contribution >= 4 is 22.0 Å². The van der Waals surface area contributed by atoms with Crippen LogP contribution in [0.1, 0.15) is 53.1 Å². The van der Waals surface area contributed by atoms with Crippen LogP contribution in [0.3, 0.4) is 0 Å². The Morgan fingerprint density at radius 2 is 1.74 bits per heavy atom. The maximum Gasteiger partial charge on any atom is 0.407 e. The van der Waals surface area contributed by atoms with Crippen LogP contribution in [0.15, 0.2) is 28.7 Å². The first-order valence-corrected chi connectivity index (χ1v) is 8.86. The fourth-order valence-corrected chi connectivity index (χ4v) is 2.35.